The third-order valence-electron chi connectivity index (χ3n) is 20.3. The Bertz CT molecular complexity index is 3690. The molecule has 0 spiro atoms. The topological polar surface area (TPSA) is 514 Å². The molecule has 4 aliphatic rings. The third kappa shape index (κ3) is 25.7. The van der Waals surface area contributed by atoms with Crippen LogP contribution in [0.1, 0.15) is 144 Å². The van der Waals surface area contributed by atoms with E-state index in [4.69, 9.17) is 24.1 Å². The first-order chi connectivity index (χ1) is 52.3. The van der Waals surface area contributed by atoms with E-state index in [1.165, 1.54) is 42.4 Å². The standard InChI is InChI=1S/C74H111N17O18S2/c1-10-40(3)55-65(103)87-58(73(6,7)110)66(104)82-47(34-43-22-14-12-15-23-43)68(106)89-31-19-27-49(89)63(101)81-46(35-54(96)97)60(98)78-36-52(94)79-45(26-18-30-77-72(75)76)61(99)86-59(74(8,9)111)67(105)85-57(42(5)93)70(108)88(37-44-24-16-13-17-25-44)38-53(95)80-48(39-92)62(100)84-56(41(4)11-2)71(109)91-33-21-29-51(91)69(107)90-32-20-28-50(90)64(102)83-55/h12-17,22-25,40-42,45-51,55-59,92-93,110-111H,10-11,18-21,26-39H2,1-9H3,(H,78,98)(H,79,94)(H,80,95)(H,81,101)(H,82,104)(H,83,102)(H,84,100)(H,85,105)(H,86,99)(H,87,103)(H,96,97)(H4,75,76,77)/t40-,41-,42+,45-,46-,47-,48-,49-,50-,51-,55-,56-,57-,58-,59-/m0/s1. The van der Waals surface area contributed by atoms with E-state index < -0.39 is 215 Å². The average molecular weight is 1590 g/mol. The van der Waals surface area contributed by atoms with Gasteiger partial charge in [-0.1, -0.05) is 101 Å². The molecule has 35 nitrogen and oxygen atoms in total. The van der Waals surface area contributed by atoms with Crippen LogP contribution in [-0.4, -0.2) is 264 Å². The number of rotatable bonds is 18. The molecule has 4 saturated heterocycles. The van der Waals surface area contributed by atoms with E-state index in [9.17, 15) is 82.4 Å². The molecule has 4 aliphatic heterocycles. The largest absolute Gasteiger partial charge is 0.481 e. The van der Waals surface area contributed by atoms with Crippen LogP contribution in [0.15, 0.2) is 65.7 Å². The maximum absolute atomic E-state index is 15.1. The van der Waals surface area contributed by atoms with Crippen molar-refractivity contribution in [3.8, 4) is 0 Å². The summed E-state index contributed by atoms with van der Waals surface area (Å²) in [5.41, 5.74) is 12.1. The summed E-state index contributed by atoms with van der Waals surface area (Å²) in [7, 11) is 0. The lowest BCUT2D eigenvalue weighted by Gasteiger charge is -2.36. The van der Waals surface area contributed by atoms with Crippen molar-refractivity contribution in [2.24, 2.45) is 28.3 Å². The fourth-order valence-electron chi connectivity index (χ4n) is 13.7. The van der Waals surface area contributed by atoms with E-state index in [2.05, 4.69) is 70.8 Å². The monoisotopic (exact) mass is 1590 g/mol. The second kappa shape index (κ2) is 41.6. The molecule has 0 saturated carbocycles. The summed E-state index contributed by atoms with van der Waals surface area (Å²) < 4.78 is -2.92. The number of hydrogen-bond donors (Lipinski definition) is 17. The number of thiol groups is 2. The predicted molar refractivity (Wildman–Crippen MR) is 413 cm³/mol. The number of nitrogens with two attached hydrogens (primary N) is 2. The number of aliphatic carboxylic acids is 1. The van der Waals surface area contributed by atoms with Crippen molar-refractivity contribution in [2.45, 2.75) is 234 Å². The molecule has 0 unspecified atom stereocenters. The molecule has 4 fully saturated rings. The number of fused-ring (bicyclic) bond motifs is 3. The molecule has 0 radical (unpaired) electrons. The van der Waals surface area contributed by atoms with Gasteiger partial charge in [-0.15, -0.1) is 0 Å². The molecule has 2 aromatic carbocycles. The lowest BCUT2D eigenvalue weighted by Crippen LogP contribution is -2.64. The van der Waals surface area contributed by atoms with Gasteiger partial charge < -0.3 is 99.6 Å². The summed E-state index contributed by atoms with van der Waals surface area (Å²) in [5.74, 6) is -16.0. The number of aliphatic hydroxyl groups is 2. The highest BCUT2D eigenvalue weighted by Gasteiger charge is 2.48. The molecule has 612 valence electrons. The fraction of sp³-hybridized carbons (Fsp3) is 0.622. The molecule has 4 heterocycles. The SMILES string of the molecule is CC[C@H](C)[C@@H]1NC(=O)[C@@H]2CCCN2C(=O)[C@@H]2CCCN2C(=O)[C@H]([C@@H](C)CC)NC(=O)[C@H](CO)NC(=O)CN(Cc2ccccc2)C(=O)[C@H]([C@@H](C)O)NC(=O)[C@@H](C(C)(C)S)NC(=O)[C@H](CCCN=C(N)N)NC(=O)CNC(=O)[C@H](CC(=O)O)NC(=O)[C@@H]2CCCN2C(=O)[C@H](Cc2ccccc2)NC(=O)[C@@H](C(C)(C)S)NC1=O. The van der Waals surface area contributed by atoms with Gasteiger partial charge in [0, 0.05) is 48.6 Å². The van der Waals surface area contributed by atoms with Gasteiger partial charge in [-0.05, 0) is 109 Å². The Morgan fingerprint density at radius 2 is 1.00 bits per heavy atom. The Hall–Kier alpha value is -9.62. The summed E-state index contributed by atoms with van der Waals surface area (Å²) in [4.78, 5) is 225. The van der Waals surface area contributed by atoms with E-state index in [1.54, 1.807) is 88.4 Å². The summed E-state index contributed by atoms with van der Waals surface area (Å²) in [5, 5.41) is 57.7. The first-order valence-electron chi connectivity index (χ1n) is 37.6. The average Bonchev–Trinajstić information content (AvgIpc) is 1.69. The van der Waals surface area contributed by atoms with Crippen LogP contribution in [0.25, 0.3) is 0 Å². The van der Waals surface area contributed by atoms with Crippen LogP contribution in [0.4, 0.5) is 0 Å². The highest BCUT2D eigenvalue weighted by Crippen LogP contribution is 2.29. The molecule has 111 heavy (non-hydrogen) atoms. The van der Waals surface area contributed by atoms with Gasteiger partial charge in [-0.3, -0.25) is 76.9 Å². The molecule has 17 N–H and O–H groups in total. The number of aliphatic hydroxyl groups excluding tert-OH is 2. The van der Waals surface area contributed by atoms with Crippen molar-refractivity contribution < 1.29 is 87.2 Å². The van der Waals surface area contributed by atoms with Crippen LogP contribution in [0.3, 0.4) is 0 Å². The first kappa shape index (κ1) is 90.3. The minimum Gasteiger partial charge on any atom is -0.481 e. The van der Waals surface area contributed by atoms with Gasteiger partial charge in [-0.2, -0.15) is 25.3 Å². The highest BCUT2D eigenvalue weighted by molar-refractivity contribution is 7.82. The van der Waals surface area contributed by atoms with Crippen molar-refractivity contribution in [3.63, 3.8) is 0 Å². The van der Waals surface area contributed by atoms with E-state index >= 15 is 4.79 Å². The number of guanidine groups is 1. The summed E-state index contributed by atoms with van der Waals surface area (Å²) in [6.07, 6.45) is -1.25. The van der Waals surface area contributed by atoms with Crippen LogP contribution < -0.4 is 64.6 Å². The molecule has 0 bridgehead atoms. The lowest BCUT2D eigenvalue weighted by molar-refractivity contribution is -0.149. The van der Waals surface area contributed by atoms with Crippen molar-refractivity contribution >= 4 is 120 Å². The second-order valence-electron chi connectivity index (χ2n) is 29.9. The third-order valence-corrected chi connectivity index (χ3v) is 20.8. The molecule has 15 atom stereocenters. The van der Waals surface area contributed by atoms with E-state index in [1.807, 2.05) is 0 Å². The predicted octanol–water partition coefficient (Wildman–Crippen LogP) is -2.87. The number of benzene rings is 2. The first-order valence-corrected chi connectivity index (χ1v) is 38.5. The zero-order chi connectivity index (χ0) is 82.4. The number of carboxylic acid groups (broad SMARTS) is 1. The van der Waals surface area contributed by atoms with Crippen LogP contribution >= 0.6 is 25.3 Å². The molecule has 0 aromatic heterocycles. The minimum atomic E-state index is -1.88. The summed E-state index contributed by atoms with van der Waals surface area (Å²) >= 11 is 9.34. The van der Waals surface area contributed by atoms with Crippen LogP contribution in [0.2, 0.25) is 0 Å². The number of amides is 14. The molecular formula is C74H111N17O18S2. The Labute approximate surface area is 656 Å². The number of hydrogen-bond acceptors (Lipinski definition) is 20. The number of aliphatic imine (C=N–C) groups is 1. The maximum Gasteiger partial charge on any atom is 0.305 e. The lowest BCUT2D eigenvalue weighted by atomic mass is 9.95. The van der Waals surface area contributed by atoms with Gasteiger partial charge in [0.2, 0.25) is 82.7 Å². The Balaban J connectivity index is 1.39. The highest BCUT2D eigenvalue weighted by atomic mass is 32.1. The van der Waals surface area contributed by atoms with Crippen molar-refractivity contribution in [1.29, 1.82) is 0 Å². The zero-order valence-corrected chi connectivity index (χ0v) is 66.1. The second-order valence-corrected chi connectivity index (χ2v) is 32.2. The van der Waals surface area contributed by atoms with Crippen LogP contribution in [0.5, 0.6) is 0 Å². The van der Waals surface area contributed by atoms with Gasteiger partial charge in [0.05, 0.1) is 32.2 Å². The molecule has 14 amide bonds. The van der Waals surface area contributed by atoms with Gasteiger partial charge in [0.25, 0.3) is 0 Å². The number of nitrogens with one attached hydrogen (secondary N) is 10. The number of nitrogens with zero attached hydrogens (tertiary/aromatic N) is 5. The van der Waals surface area contributed by atoms with E-state index in [0.717, 1.165) is 11.8 Å². The van der Waals surface area contributed by atoms with Crippen molar-refractivity contribution in [1.82, 2.24) is 72.8 Å². The van der Waals surface area contributed by atoms with Gasteiger partial charge in [-0.25, -0.2) is 0 Å². The zero-order valence-electron chi connectivity index (χ0n) is 64.3. The molecule has 2 aromatic rings. The molecular weight excluding hydrogens is 1480 g/mol. The Morgan fingerprint density at radius 3 is 1.53 bits per heavy atom. The fourth-order valence-corrected chi connectivity index (χ4v) is 14.0. The summed E-state index contributed by atoms with van der Waals surface area (Å²) in [6.45, 7) is 10.8. The van der Waals surface area contributed by atoms with E-state index in [0.29, 0.717) is 36.8 Å². The molecule has 0 aliphatic carbocycles. The van der Waals surface area contributed by atoms with Crippen molar-refractivity contribution in [2.75, 3.05) is 45.9 Å². The maximum atomic E-state index is 15.1. The smallest absolute Gasteiger partial charge is 0.305 e. The van der Waals surface area contributed by atoms with Gasteiger partial charge in [0.1, 0.15) is 72.5 Å². The van der Waals surface area contributed by atoms with Crippen LogP contribution in [0, 0.1) is 11.8 Å². The molecule has 6 rings (SSSR count). The number of carboxylic acids is 1. The summed E-state index contributed by atoms with van der Waals surface area (Å²) in [6, 6.07) is -1.38. The minimum absolute atomic E-state index is 0.00294. The quantitative estimate of drug-likeness (QED) is 0.0309. The number of carbonyl (C=O) groups is 15. The molecule has 37 heteroatoms. The van der Waals surface area contributed by atoms with Crippen molar-refractivity contribution in [3.05, 3.63) is 71.8 Å². The Morgan fingerprint density at radius 1 is 0.532 bits per heavy atom. The van der Waals surface area contributed by atoms with Gasteiger partial charge in [0.15, 0.2) is 5.96 Å². The van der Waals surface area contributed by atoms with Gasteiger partial charge >= 0.3 is 5.97 Å². The van der Waals surface area contributed by atoms with E-state index in [-0.39, 0.29) is 83.6 Å². The number of carbonyl (C=O) groups excluding carboxylic acids is 14. The Kier molecular flexibility index (Phi) is 33.8. The normalized spacial score (nSPS) is 26.7. The van der Waals surface area contributed by atoms with Crippen LogP contribution in [-0.2, 0) is 84.9 Å².